The molecule has 10 nitrogen and oxygen atoms in total. The van der Waals surface area contributed by atoms with Gasteiger partial charge in [0.2, 0.25) is 5.91 Å². The number of ether oxygens (including phenoxy) is 5. The van der Waals surface area contributed by atoms with Crippen molar-refractivity contribution >= 4 is 18.0 Å². The average molecular weight is 559 g/mol. The Balaban J connectivity index is 1.36. The van der Waals surface area contributed by atoms with Gasteiger partial charge < -0.3 is 33.9 Å². The molecule has 3 aliphatic rings. The second-order valence-electron chi connectivity index (χ2n) is 11.7. The van der Waals surface area contributed by atoms with Gasteiger partial charge in [-0.3, -0.25) is 4.79 Å². The fourth-order valence-electron chi connectivity index (χ4n) is 5.77. The standard InChI is InChI=1S/C30H42N2O8/c1-5-37-27(34)14-17-38-24-9-7-6-8-23(24)21-10-12-22(13-11-21)39-18-25-30(20-36-19-26(33)31-30)15-16-32(25)28(35)40-29(2,3)4/h6-9,14,17,21-22,25H,5,10-13,15-16,18-20H2,1-4H3,(H,31,33)/b17-14+. The lowest BCUT2D eigenvalue weighted by molar-refractivity contribution is -0.138. The van der Waals surface area contributed by atoms with Crippen molar-refractivity contribution in [3.8, 4) is 5.75 Å². The third-order valence-electron chi connectivity index (χ3n) is 7.63. The van der Waals surface area contributed by atoms with Crippen LogP contribution in [0.2, 0.25) is 0 Å². The maximum atomic E-state index is 13.1. The largest absolute Gasteiger partial charge is 0.464 e. The average Bonchev–Trinajstić information content (AvgIpc) is 3.24. The molecule has 1 N–H and O–H groups in total. The molecule has 3 fully saturated rings. The summed E-state index contributed by atoms with van der Waals surface area (Å²) >= 11 is 0. The molecule has 0 aromatic heterocycles. The topological polar surface area (TPSA) is 113 Å². The maximum absolute atomic E-state index is 13.1. The van der Waals surface area contributed by atoms with E-state index in [4.69, 9.17) is 23.7 Å². The Morgan fingerprint density at radius 1 is 1.18 bits per heavy atom. The lowest BCUT2D eigenvalue weighted by atomic mass is 9.82. The molecule has 1 aliphatic carbocycles. The molecule has 10 heteroatoms. The van der Waals surface area contributed by atoms with Crippen LogP contribution in [0.1, 0.15) is 71.3 Å². The van der Waals surface area contributed by atoms with Gasteiger partial charge >= 0.3 is 12.1 Å². The first kappa shape index (κ1) is 29.9. The molecule has 1 spiro atoms. The fourth-order valence-corrected chi connectivity index (χ4v) is 5.77. The van der Waals surface area contributed by atoms with E-state index in [1.165, 1.54) is 12.3 Å². The molecular formula is C30H42N2O8. The van der Waals surface area contributed by atoms with Gasteiger partial charge in [0.05, 0.1) is 49.8 Å². The normalized spacial score (nSPS) is 27.1. The minimum Gasteiger partial charge on any atom is -0.464 e. The summed E-state index contributed by atoms with van der Waals surface area (Å²) in [5.41, 5.74) is -0.212. The molecule has 2 saturated heterocycles. The van der Waals surface area contributed by atoms with Crippen LogP contribution in [0, 0.1) is 0 Å². The number of nitrogens with one attached hydrogen (secondary N) is 1. The van der Waals surface area contributed by atoms with E-state index in [2.05, 4.69) is 11.4 Å². The van der Waals surface area contributed by atoms with Gasteiger partial charge in [-0.2, -0.15) is 0 Å². The van der Waals surface area contributed by atoms with Crippen molar-refractivity contribution < 1.29 is 38.1 Å². The van der Waals surface area contributed by atoms with Crippen LogP contribution in [-0.4, -0.2) is 79.1 Å². The maximum Gasteiger partial charge on any atom is 0.410 e. The lowest BCUT2D eigenvalue weighted by Gasteiger charge is -2.41. The Bertz CT molecular complexity index is 1080. The highest BCUT2D eigenvalue weighted by Gasteiger charge is 2.53. The number of benzene rings is 1. The predicted molar refractivity (Wildman–Crippen MR) is 147 cm³/mol. The number of amides is 2. The Morgan fingerprint density at radius 3 is 2.62 bits per heavy atom. The first-order valence-electron chi connectivity index (χ1n) is 14.2. The third-order valence-corrected chi connectivity index (χ3v) is 7.63. The molecule has 0 radical (unpaired) electrons. The van der Waals surface area contributed by atoms with Crippen LogP contribution < -0.4 is 10.1 Å². The highest BCUT2D eigenvalue weighted by Crippen LogP contribution is 2.39. The number of nitrogens with zero attached hydrogens (tertiary/aromatic N) is 1. The quantitative estimate of drug-likeness (QED) is 0.289. The van der Waals surface area contributed by atoms with Gasteiger partial charge in [-0.25, -0.2) is 9.59 Å². The molecule has 4 rings (SSSR count). The summed E-state index contributed by atoms with van der Waals surface area (Å²) in [6, 6.07) is 7.48. The summed E-state index contributed by atoms with van der Waals surface area (Å²) in [7, 11) is 0. The number of carbonyl (C=O) groups excluding carboxylic acids is 3. The summed E-state index contributed by atoms with van der Waals surface area (Å²) in [4.78, 5) is 38.6. The molecule has 0 bridgehead atoms. The van der Waals surface area contributed by atoms with E-state index in [0.717, 1.165) is 37.0 Å². The van der Waals surface area contributed by atoms with Gasteiger partial charge in [0, 0.05) is 6.54 Å². The summed E-state index contributed by atoms with van der Waals surface area (Å²) in [6.07, 6.45) is 6.39. The first-order valence-corrected chi connectivity index (χ1v) is 14.2. The predicted octanol–water partition coefficient (Wildman–Crippen LogP) is 4.08. The minimum atomic E-state index is -0.684. The van der Waals surface area contributed by atoms with Gasteiger partial charge in [-0.15, -0.1) is 0 Å². The van der Waals surface area contributed by atoms with Crippen LogP contribution >= 0.6 is 0 Å². The van der Waals surface area contributed by atoms with Crippen LogP contribution in [0.25, 0.3) is 0 Å². The van der Waals surface area contributed by atoms with Crippen molar-refractivity contribution in [1.82, 2.24) is 10.2 Å². The lowest BCUT2D eigenvalue weighted by Crippen LogP contribution is -2.65. The summed E-state index contributed by atoms with van der Waals surface area (Å²) in [5, 5.41) is 3.10. The molecule has 2 atom stereocenters. The number of esters is 1. The molecule has 1 aromatic carbocycles. The Morgan fingerprint density at radius 2 is 1.93 bits per heavy atom. The number of rotatable bonds is 8. The van der Waals surface area contributed by atoms with E-state index in [0.29, 0.717) is 32.1 Å². The molecule has 40 heavy (non-hydrogen) atoms. The molecule has 2 aliphatic heterocycles. The van der Waals surface area contributed by atoms with Crippen molar-refractivity contribution in [3.63, 3.8) is 0 Å². The monoisotopic (exact) mass is 558 g/mol. The second-order valence-corrected chi connectivity index (χ2v) is 11.7. The van der Waals surface area contributed by atoms with Crippen molar-refractivity contribution in [3.05, 3.63) is 42.2 Å². The fraction of sp³-hybridized carbons (Fsp3) is 0.633. The SMILES string of the molecule is CCOC(=O)/C=C/Oc1ccccc1C1CCC(OCC2N(C(=O)OC(C)(C)C)CCC23COCC(=O)N3)CC1. The van der Waals surface area contributed by atoms with E-state index in [1.54, 1.807) is 11.8 Å². The Labute approximate surface area is 236 Å². The zero-order valence-electron chi connectivity index (χ0n) is 24.0. The molecule has 1 aromatic rings. The summed E-state index contributed by atoms with van der Waals surface area (Å²) in [5.74, 6) is 0.405. The first-order chi connectivity index (χ1) is 19.1. The number of morpholine rings is 1. The smallest absolute Gasteiger partial charge is 0.410 e. The number of carbonyl (C=O) groups is 3. The molecule has 2 unspecified atom stereocenters. The zero-order chi connectivity index (χ0) is 28.8. The molecule has 1 saturated carbocycles. The minimum absolute atomic E-state index is 0.0234. The van der Waals surface area contributed by atoms with Crippen molar-refractivity contribution in [1.29, 1.82) is 0 Å². The molecule has 220 valence electrons. The molecular weight excluding hydrogens is 516 g/mol. The number of para-hydroxylation sites is 1. The van der Waals surface area contributed by atoms with Gasteiger partial charge in [0.15, 0.2) is 0 Å². The zero-order valence-corrected chi connectivity index (χ0v) is 24.0. The van der Waals surface area contributed by atoms with Gasteiger partial charge in [0.25, 0.3) is 0 Å². The van der Waals surface area contributed by atoms with Crippen LogP contribution in [0.5, 0.6) is 5.75 Å². The third kappa shape index (κ3) is 7.54. The van der Waals surface area contributed by atoms with E-state index in [1.807, 2.05) is 39.0 Å². The number of likely N-dealkylation sites (tertiary alicyclic amines) is 1. The van der Waals surface area contributed by atoms with Gasteiger partial charge in [-0.05, 0) is 77.3 Å². The van der Waals surface area contributed by atoms with Crippen LogP contribution in [0.3, 0.4) is 0 Å². The van der Waals surface area contributed by atoms with Crippen LogP contribution in [-0.2, 0) is 28.5 Å². The summed E-state index contributed by atoms with van der Waals surface area (Å²) in [6.45, 7) is 8.69. The van der Waals surface area contributed by atoms with Crippen LogP contribution in [0.4, 0.5) is 4.79 Å². The Hall–Kier alpha value is -3.11. The molecule has 2 heterocycles. The van der Waals surface area contributed by atoms with Crippen molar-refractivity contribution in [2.24, 2.45) is 0 Å². The molecule has 2 amide bonds. The number of hydrogen-bond donors (Lipinski definition) is 1. The van der Waals surface area contributed by atoms with E-state index in [-0.39, 0.29) is 31.3 Å². The van der Waals surface area contributed by atoms with Gasteiger partial charge in [0.1, 0.15) is 18.0 Å². The highest BCUT2D eigenvalue weighted by molar-refractivity contribution is 5.81. The van der Waals surface area contributed by atoms with Crippen molar-refractivity contribution in [2.45, 2.75) is 89.0 Å². The highest BCUT2D eigenvalue weighted by atomic mass is 16.6. The second kappa shape index (κ2) is 13.0. The van der Waals surface area contributed by atoms with Crippen molar-refractivity contribution in [2.75, 3.05) is 33.0 Å². The van der Waals surface area contributed by atoms with Gasteiger partial charge in [-0.1, -0.05) is 18.2 Å². The van der Waals surface area contributed by atoms with E-state index >= 15 is 0 Å². The van der Waals surface area contributed by atoms with E-state index in [9.17, 15) is 14.4 Å². The number of hydrogen-bond acceptors (Lipinski definition) is 8. The van der Waals surface area contributed by atoms with E-state index < -0.39 is 23.2 Å². The Kier molecular flexibility index (Phi) is 9.73. The van der Waals surface area contributed by atoms with Crippen LogP contribution in [0.15, 0.2) is 36.6 Å². The summed E-state index contributed by atoms with van der Waals surface area (Å²) < 4.78 is 28.4.